The molecule has 0 bridgehead atoms. The van der Waals surface area contributed by atoms with E-state index in [0.717, 1.165) is 6.42 Å². The molecule has 1 fully saturated rings. The second-order valence-corrected chi connectivity index (χ2v) is 11.3. The fraction of sp³-hybridized carbons (Fsp3) is 0.909. The Labute approximate surface area is 88.3 Å². The first kappa shape index (κ1) is 11.7. The molecule has 0 spiro atoms. The van der Waals surface area contributed by atoms with Gasteiger partial charge in [0.1, 0.15) is 0 Å². The number of ether oxygens (including phenoxy) is 1. The Kier molecular flexibility index (Phi) is 3.08. The number of hydrogen-bond acceptors (Lipinski definition) is 2. The number of hydrogen-bond donors (Lipinski definition) is 0. The van der Waals surface area contributed by atoms with Crippen molar-refractivity contribution in [3.8, 4) is 6.07 Å². The summed E-state index contributed by atoms with van der Waals surface area (Å²) in [6.07, 6.45) is 1.94. The third-order valence-electron chi connectivity index (χ3n) is 3.77. The quantitative estimate of drug-likeness (QED) is 0.531. The van der Waals surface area contributed by atoms with Gasteiger partial charge in [-0.3, -0.25) is 0 Å². The lowest BCUT2D eigenvalue weighted by atomic mass is 10.2. The fourth-order valence-corrected chi connectivity index (χ4v) is 4.10. The van der Waals surface area contributed by atoms with Crippen molar-refractivity contribution in [2.24, 2.45) is 0 Å². The molecule has 0 aromatic heterocycles. The average Bonchev–Trinajstić information content (AvgIpc) is 2.77. The zero-order valence-electron chi connectivity index (χ0n) is 9.92. The summed E-state index contributed by atoms with van der Waals surface area (Å²) < 4.78 is 5.72. The van der Waals surface area contributed by atoms with Crippen LogP contribution < -0.4 is 0 Å². The molecule has 1 saturated heterocycles. The third kappa shape index (κ3) is 2.18. The SMILES string of the molecule is CC(C)(C)[Si](C)(C)C1OC1CCC#N. The van der Waals surface area contributed by atoms with Crippen LogP contribution in [0.4, 0.5) is 0 Å². The highest BCUT2D eigenvalue weighted by molar-refractivity contribution is 6.82. The lowest BCUT2D eigenvalue weighted by molar-refractivity contribution is 0.383. The molecule has 1 aliphatic heterocycles. The van der Waals surface area contributed by atoms with Gasteiger partial charge in [0.2, 0.25) is 0 Å². The molecule has 14 heavy (non-hydrogen) atoms. The number of nitrogens with zero attached hydrogens (tertiary/aromatic N) is 1. The van der Waals surface area contributed by atoms with Gasteiger partial charge >= 0.3 is 0 Å². The van der Waals surface area contributed by atoms with E-state index in [1.807, 2.05) is 0 Å². The first-order valence-electron chi connectivity index (χ1n) is 5.33. The van der Waals surface area contributed by atoms with Crippen LogP contribution in [-0.4, -0.2) is 19.9 Å². The number of nitriles is 1. The number of epoxide rings is 1. The zero-order chi connectivity index (χ0) is 11.0. The van der Waals surface area contributed by atoms with E-state index in [2.05, 4.69) is 39.9 Å². The summed E-state index contributed by atoms with van der Waals surface area (Å²) in [6.45, 7) is 11.7. The van der Waals surface area contributed by atoms with E-state index < -0.39 is 8.07 Å². The van der Waals surface area contributed by atoms with Gasteiger partial charge < -0.3 is 4.74 Å². The van der Waals surface area contributed by atoms with E-state index in [1.54, 1.807) is 0 Å². The summed E-state index contributed by atoms with van der Waals surface area (Å²) in [4.78, 5) is 0. The first-order valence-corrected chi connectivity index (χ1v) is 8.41. The zero-order valence-corrected chi connectivity index (χ0v) is 10.9. The summed E-state index contributed by atoms with van der Waals surface area (Å²) >= 11 is 0. The van der Waals surface area contributed by atoms with E-state index in [9.17, 15) is 0 Å². The van der Waals surface area contributed by atoms with Crippen LogP contribution >= 0.6 is 0 Å². The molecular formula is C11H21NOSi. The van der Waals surface area contributed by atoms with Crippen molar-refractivity contribution < 1.29 is 4.74 Å². The predicted octanol–water partition coefficient (Wildman–Crippen LogP) is 3.11. The second kappa shape index (κ2) is 3.67. The van der Waals surface area contributed by atoms with Gasteiger partial charge in [0, 0.05) is 6.42 Å². The highest BCUT2D eigenvalue weighted by Gasteiger charge is 2.55. The molecule has 0 radical (unpaired) electrons. The molecule has 0 aliphatic carbocycles. The van der Waals surface area contributed by atoms with Gasteiger partial charge in [0.15, 0.2) is 0 Å². The predicted molar refractivity (Wildman–Crippen MR) is 60.7 cm³/mol. The van der Waals surface area contributed by atoms with Crippen LogP contribution in [0.5, 0.6) is 0 Å². The van der Waals surface area contributed by atoms with Crippen molar-refractivity contribution in [1.29, 1.82) is 5.26 Å². The molecule has 1 rings (SSSR count). The minimum absolute atomic E-state index is 0.385. The van der Waals surface area contributed by atoms with E-state index in [0.29, 0.717) is 23.3 Å². The Balaban J connectivity index is 2.50. The Bertz CT molecular complexity index is 249. The van der Waals surface area contributed by atoms with Crippen LogP contribution in [0.3, 0.4) is 0 Å². The van der Waals surface area contributed by atoms with E-state index >= 15 is 0 Å². The summed E-state index contributed by atoms with van der Waals surface area (Å²) in [7, 11) is -1.32. The Hall–Kier alpha value is -0.333. The largest absolute Gasteiger partial charge is 0.373 e. The van der Waals surface area contributed by atoms with Gasteiger partial charge in [-0.1, -0.05) is 33.9 Å². The molecule has 0 aromatic carbocycles. The van der Waals surface area contributed by atoms with E-state index in [-0.39, 0.29) is 0 Å². The summed E-state index contributed by atoms with van der Waals surface area (Å²) in [5.74, 6) is 0. The smallest absolute Gasteiger partial charge is 0.0902 e. The normalized spacial score (nSPS) is 27.1. The molecule has 0 N–H and O–H groups in total. The van der Waals surface area contributed by atoms with Gasteiger partial charge in [0.25, 0.3) is 0 Å². The lowest BCUT2D eigenvalue weighted by Crippen LogP contribution is -2.44. The van der Waals surface area contributed by atoms with Gasteiger partial charge in [-0.25, -0.2) is 0 Å². The summed E-state index contributed by atoms with van der Waals surface area (Å²) in [5, 5.41) is 8.89. The molecule has 0 amide bonds. The molecule has 1 aliphatic rings. The van der Waals surface area contributed by atoms with Gasteiger partial charge in [-0.05, 0) is 11.5 Å². The maximum atomic E-state index is 8.50. The summed E-state index contributed by atoms with van der Waals surface area (Å²) in [6, 6.07) is 2.19. The molecular weight excluding hydrogens is 190 g/mol. The maximum absolute atomic E-state index is 8.50. The van der Waals surface area contributed by atoms with Crippen molar-refractivity contribution in [3.63, 3.8) is 0 Å². The Morgan fingerprint density at radius 1 is 1.36 bits per heavy atom. The number of rotatable bonds is 3. The molecule has 2 atom stereocenters. The van der Waals surface area contributed by atoms with Gasteiger partial charge in [-0.2, -0.15) is 5.26 Å². The van der Waals surface area contributed by atoms with Crippen LogP contribution in [0.1, 0.15) is 33.6 Å². The monoisotopic (exact) mass is 211 g/mol. The maximum Gasteiger partial charge on any atom is 0.0902 e. The summed E-state index contributed by atoms with van der Waals surface area (Å²) in [5.41, 5.74) is 0.482. The molecule has 2 nitrogen and oxygen atoms in total. The van der Waals surface area contributed by atoms with E-state index in [4.69, 9.17) is 10.00 Å². The van der Waals surface area contributed by atoms with Crippen LogP contribution in [0.15, 0.2) is 0 Å². The third-order valence-corrected chi connectivity index (χ3v) is 9.56. The molecule has 80 valence electrons. The standard InChI is InChI=1S/C11H21NOSi/c1-11(2,3)14(4,5)10-9(13-10)7-6-8-12/h9-10H,6-7H2,1-5H3. The van der Waals surface area contributed by atoms with Crippen LogP contribution in [0, 0.1) is 11.3 Å². The van der Waals surface area contributed by atoms with Crippen molar-refractivity contribution in [2.45, 2.75) is 63.6 Å². The Morgan fingerprint density at radius 2 is 1.93 bits per heavy atom. The van der Waals surface area contributed by atoms with Crippen LogP contribution in [0.25, 0.3) is 0 Å². The lowest BCUT2D eigenvalue weighted by Gasteiger charge is -2.35. The van der Waals surface area contributed by atoms with Gasteiger partial charge in [0.05, 0.1) is 26.0 Å². The molecule has 0 saturated carbocycles. The van der Waals surface area contributed by atoms with E-state index in [1.165, 1.54) is 0 Å². The highest BCUT2D eigenvalue weighted by atomic mass is 28.3. The fourth-order valence-electron chi connectivity index (χ4n) is 1.63. The first-order chi connectivity index (χ1) is 6.30. The second-order valence-electron chi connectivity index (χ2n) is 5.76. The van der Waals surface area contributed by atoms with Gasteiger partial charge in [-0.15, -0.1) is 0 Å². The van der Waals surface area contributed by atoms with Crippen LogP contribution in [-0.2, 0) is 4.74 Å². The minimum Gasteiger partial charge on any atom is -0.373 e. The average molecular weight is 211 g/mol. The van der Waals surface area contributed by atoms with Crippen molar-refractivity contribution in [2.75, 3.05) is 0 Å². The molecule has 3 heteroatoms. The van der Waals surface area contributed by atoms with Crippen molar-refractivity contribution in [3.05, 3.63) is 0 Å². The topological polar surface area (TPSA) is 36.3 Å². The Morgan fingerprint density at radius 3 is 2.36 bits per heavy atom. The van der Waals surface area contributed by atoms with Crippen molar-refractivity contribution in [1.82, 2.24) is 0 Å². The van der Waals surface area contributed by atoms with Crippen molar-refractivity contribution >= 4 is 8.07 Å². The molecule has 0 aromatic rings. The highest BCUT2D eigenvalue weighted by Crippen LogP contribution is 2.46. The van der Waals surface area contributed by atoms with Crippen LogP contribution in [0.2, 0.25) is 18.1 Å². The minimum atomic E-state index is -1.32. The molecule has 1 heterocycles. The molecule has 2 unspecified atom stereocenters.